The Labute approximate surface area is 238 Å². The van der Waals surface area contributed by atoms with E-state index in [1.807, 2.05) is 36.4 Å². The number of carboxylic acid groups (broad SMARTS) is 1. The number of aliphatic carboxylic acids is 1. The molecular formula is C33H33N3O3S. The molecule has 7 heteroatoms. The highest BCUT2D eigenvalue weighted by molar-refractivity contribution is 7.19. The molecule has 0 aliphatic heterocycles. The summed E-state index contributed by atoms with van der Waals surface area (Å²) in [4.78, 5) is 32.2. The summed E-state index contributed by atoms with van der Waals surface area (Å²) < 4.78 is 0. The summed E-state index contributed by atoms with van der Waals surface area (Å²) in [6.07, 6.45) is 5.04. The molecule has 2 N–H and O–H groups in total. The fourth-order valence-corrected chi connectivity index (χ4v) is 7.42. The van der Waals surface area contributed by atoms with Crippen molar-refractivity contribution in [1.82, 2.24) is 10.3 Å². The number of rotatable bonds is 10. The fraction of sp³-hybridized carbons (Fsp3) is 0.303. The molecule has 3 aromatic carbocycles. The molecule has 1 aromatic heterocycles. The molecule has 2 aliphatic carbocycles. The molecule has 3 atom stereocenters. The van der Waals surface area contributed by atoms with Crippen LogP contribution in [0.3, 0.4) is 0 Å². The number of benzene rings is 3. The van der Waals surface area contributed by atoms with E-state index in [4.69, 9.17) is 10.1 Å². The Morgan fingerprint density at radius 3 is 2.23 bits per heavy atom. The van der Waals surface area contributed by atoms with Gasteiger partial charge in [-0.05, 0) is 54.4 Å². The molecule has 2 saturated carbocycles. The van der Waals surface area contributed by atoms with Gasteiger partial charge in [0.2, 0.25) is 0 Å². The minimum atomic E-state index is -0.926. The van der Waals surface area contributed by atoms with Gasteiger partial charge in [-0.25, -0.2) is 4.98 Å². The second-order valence-electron chi connectivity index (χ2n) is 10.9. The van der Waals surface area contributed by atoms with Crippen LogP contribution in [0.5, 0.6) is 0 Å². The summed E-state index contributed by atoms with van der Waals surface area (Å²) >= 11 is 1.77. The van der Waals surface area contributed by atoms with Gasteiger partial charge in [-0.3, -0.25) is 9.59 Å². The van der Waals surface area contributed by atoms with Crippen LogP contribution in [0, 0.1) is 11.8 Å². The molecule has 40 heavy (non-hydrogen) atoms. The zero-order valence-electron chi connectivity index (χ0n) is 22.3. The Morgan fingerprint density at radius 2 is 1.60 bits per heavy atom. The summed E-state index contributed by atoms with van der Waals surface area (Å²) in [5, 5.41) is 12.6. The number of amides is 1. The third kappa shape index (κ3) is 5.65. The number of hydrogen-bond acceptors (Lipinski definition) is 5. The average Bonchev–Trinajstić information content (AvgIpc) is 3.74. The van der Waals surface area contributed by atoms with E-state index in [-0.39, 0.29) is 18.9 Å². The van der Waals surface area contributed by atoms with E-state index in [1.165, 1.54) is 36.1 Å². The number of carbonyl (C=O) groups excluding carboxylic acids is 1. The smallest absolute Gasteiger partial charge is 0.305 e. The van der Waals surface area contributed by atoms with Gasteiger partial charge in [-0.1, -0.05) is 90.6 Å². The van der Waals surface area contributed by atoms with E-state index < -0.39 is 5.97 Å². The maximum absolute atomic E-state index is 12.5. The quantitative estimate of drug-likeness (QED) is 0.225. The Morgan fingerprint density at radius 1 is 0.900 bits per heavy atom. The number of hydrogen-bond donors (Lipinski definition) is 2. The number of carbonyl (C=O) groups is 2. The Bertz CT molecular complexity index is 1410. The van der Waals surface area contributed by atoms with Crippen LogP contribution in [0.25, 0.3) is 21.7 Å². The normalized spacial score (nSPS) is 19.4. The van der Waals surface area contributed by atoms with Gasteiger partial charge in [0.05, 0.1) is 17.0 Å². The van der Waals surface area contributed by atoms with Crippen LogP contribution in [0.15, 0.2) is 84.9 Å². The highest BCUT2D eigenvalue weighted by atomic mass is 32.1. The van der Waals surface area contributed by atoms with Crippen LogP contribution < -0.4 is 10.2 Å². The SMILES string of the molecule is O=C(O)CCNC(=O)c1ccc(CN(c2nc(-c3ccccc3)c(-c3ccccc3)s2)C2CC3CCC2C3)cc1. The van der Waals surface area contributed by atoms with Gasteiger partial charge in [0.15, 0.2) is 5.13 Å². The zero-order chi connectivity index (χ0) is 27.5. The molecule has 6 nitrogen and oxygen atoms in total. The van der Waals surface area contributed by atoms with Crippen molar-refractivity contribution in [1.29, 1.82) is 0 Å². The summed E-state index contributed by atoms with van der Waals surface area (Å²) in [6.45, 7) is 0.843. The molecule has 204 valence electrons. The van der Waals surface area contributed by atoms with Crippen LogP contribution in [0.2, 0.25) is 0 Å². The van der Waals surface area contributed by atoms with Gasteiger partial charge in [-0.15, -0.1) is 0 Å². The minimum absolute atomic E-state index is 0.0912. The van der Waals surface area contributed by atoms with E-state index in [9.17, 15) is 9.59 Å². The lowest BCUT2D eigenvalue weighted by molar-refractivity contribution is -0.136. The van der Waals surface area contributed by atoms with Crippen molar-refractivity contribution in [3.8, 4) is 21.7 Å². The summed E-state index contributed by atoms with van der Waals surface area (Å²) in [5.41, 5.74) is 4.98. The van der Waals surface area contributed by atoms with Crippen molar-refractivity contribution in [2.45, 2.75) is 44.7 Å². The molecule has 1 amide bonds. The molecule has 0 radical (unpaired) electrons. The van der Waals surface area contributed by atoms with Crippen LogP contribution >= 0.6 is 11.3 Å². The maximum atomic E-state index is 12.5. The van der Waals surface area contributed by atoms with E-state index in [2.05, 4.69) is 58.7 Å². The van der Waals surface area contributed by atoms with Crippen LogP contribution in [-0.2, 0) is 11.3 Å². The van der Waals surface area contributed by atoms with Crippen molar-refractivity contribution in [3.63, 3.8) is 0 Å². The molecule has 0 saturated heterocycles. The molecular weight excluding hydrogens is 518 g/mol. The van der Waals surface area contributed by atoms with Gasteiger partial charge in [0.1, 0.15) is 0 Å². The molecule has 6 rings (SSSR count). The van der Waals surface area contributed by atoms with Gasteiger partial charge < -0.3 is 15.3 Å². The van der Waals surface area contributed by atoms with Gasteiger partial charge in [0, 0.05) is 30.3 Å². The molecule has 3 unspecified atom stereocenters. The average molecular weight is 552 g/mol. The largest absolute Gasteiger partial charge is 0.481 e. The lowest BCUT2D eigenvalue weighted by Gasteiger charge is -2.34. The number of carboxylic acids is 1. The summed E-state index contributed by atoms with van der Waals surface area (Å²) in [7, 11) is 0. The number of nitrogens with zero attached hydrogens (tertiary/aromatic N) is 2. The minimum Gasteiger partial charge on any atom is -0.481 e. The summed E-state index contributed by atoms with van der Waals surface area (Å²) in [5.74, 6) is 0.312. The van der Waals surface area contributed by atoms with Crippen LogP contribution in [0.4, 0.5) is 5.13 Å². The first-order valence-corrected chi connectivity index (χ1v) is 14.8. The molecule has 2 fully saturated rings. The first-order chi connectivity index (χ1) is 19.5. The number of thiazole rings is 1. The number of nitrogens with one attached hydrogen (secondary N) is 1. The van der Waals surface area contributed by atoms with E-state index in [0.717, 1.165) is 34.4 Å². The number of fused-ring (bicyclic) bond motifs is 2. The Balaban J connectivity index is 1.31. The third-order valence-corrected chi connectivity index (χ3v) is 9.38. The van der Waals surface area contributed by atoms with Crippen LogP contribution in [0.1, 0.15) is 48.0 Å². The monoisotopic (exact) mass is 551 g/mol. The van der Waals surface area contributed by atoms with E-state index in [1.54, 1.807) is 11.3 Å². The van der Waals surface area contributed by atoms with Crippen molar-refractivity contribution in [3.05, 3.63) is 96.1 Å². The fourth-order valence-electron chi connectivity index (χ4n) is 6.27. The molecule has 2 bridgehead atoms. The van der Waals surface area contributed by atoms with E-state index in [0.29, 0.717) is 17.5 Å². The first kappa shape index (κ1) is 26.3. The molecule has 4 aromatic rings. The van der Waals surface area contributed by atoms with Gasteiger partial charge in [0.25, 0.3) is 5.91 Å². The number of aromatic nitrogens is 1. The lowest BCUT2D eigenvalue weighted by Crippen LogP contribution is -2.38. The maximum Gasteiger partial charge on any atom is 0.305 e. The first-order valence-electron chi connectivity index (χ1n) is 14.0. The predicted octanol–water partition coefficient (Wildman–Crippen LogP) is 6.88. The predicted molar refractivity (Wildman–Crippen MR) is 159 cm³/mol. The van der Waals surface area contributed by atoms with E-state index >= 15 is 0 Å². The van der Waals surface area contributed by atoms with Gasteiger partial charge >= 0.3 is 5.97 Å². The summed E-state index contributed by atoms with van der Waals surface area (Å²) in [6, 6.07) is 29.1. The van der Waals surface area contributed by atoms with Crippen LogP contribution in [-0.4, -0.2) is 34.6 Å². The number of anilines is 1. The molecule has 1 heterocycles. The second kappa shape index (κ2) is 11.6. The van der Waals surface area contributed by atoms with Crippen molar-refractivity contribution in [2.24, 2.45) is 11.8 Å². The Hall–Kier alpha value is -3.97. The zero-order valence-corrected chi connectivity index (χ0v) is 23.1. The Kier molecular flexibility index (Phi) is 7.64. The third-order valence-electron chi connectivity index (χ3n) is 8.24. The topological polar surface area (TPSA) is 82.5 Å². The van der Waals surface area contributed by atoms with Crippen molar-refractivity contribution < 1.29 is 14.7 Å². The highest BCUT2D eigenvalue weighted by Gasteiger charge is 2.43. The van der Waals surface area contributed by atoms with Gasteiger partial charge in [-0.2, -0.15) is 0 Å². The van der Waals surface area contributed by atoms with Crippen molar-refractivity contribution >= 4 is 28.3 Å². The molecule has 0 spiro atoms. The molecule has 2 aliphatic rings. The lowest BCUT2D eigenvalue weighted by atomic mass is 9.94. The van der Waals surface area contributed by atoms with Crippen molar-refractivity contribution in [2.75, 3.05) is 11.4 Å². The highest BCUT2D eigenvalue weighted by Crippen LogP contribution is 2.49. The second-order valence-corrected chi connectivity index (χ2v) is 11.9. The standard InChI is InChI=1S/C33H33N3O3S/c37-29(38)17-18-34-32(39)26-14-11-22(12-15-26)21-36(28-20-23-13-16-27(28)19-23)33-35-30(24-7-3-1-4-8-24)31(40-33)25-9-5-2-6-10-25/h1-12,14-15,23,27-28H,13,16-21H2,(H,34,39)(H,37,38).